The van der Waals surface area contributed by atoms with Gasteiger partial charge >= 0.3 is 0 Å². The van der Waals surface area contributed by atoms with Gasteiger partial charge in [0, 0.05) is 10.6 Å². The van der Waals surface area contributed by atoms with Gasteiger partial charge < -0.3 is 20.1 Å². The van der Waals surface area contributed by atoms with Gasteiger partial charge in [-0.15, -0.1) is 0 Å². The van der Waals surface area contributed by atoms with Crippen molar-refractivity contribution >= 4 is 23.4 Å². The molecule has 28 heavy (non-hydrogen) atoms. The SMILES string of the molecule is CCOc1ccc(C(C)NC(=O)C(C)NC(=O)c2ccc(Cl)cc2)cc1OC. The lowest BCUT2D eigenvalue weighted by Gasteiger charge is -2.20. The number of amides is 2. The molecule has 2 amide bonds. The number of hydrogen-bond donors (Lipinski definition) is 2. The minimum atomic E-state index is -0.699. The van der Waals surface area contributed by atoms with Crippen LogP contribution >= 0.6 is 11.6 Å². The maximum absolute atomic E-state index is 12.5. The van der Waals surface area contributed by atoms with Crippen LogP contribution < -0.4 is 20.1 Å². The third-order valence-electron chi connectivity index (χ3n) is 4.19. The average molecular weight is 405 g/mol. The Bertz CT molecular complexity index is 824. The van der Waals surface area contributed by atoms with Crippen LogP contribution in [0.1, 0.15) is 42.7 Å². The highest BCUT2D eigenvalue weighted by molar-refractivity contribution is 6.30. The largest absolute Gasteiger partial charge is 0.493 e. The first-order valence-corrected chi connectivity index (χ1v) is 9.41. The number of benzene rings is 2. The number of carbonyl (C=O) groups is 2. The molecule has 0 aromatic heterocycles. The molecule has 0 saturated carbocycles. The van der Waals surface area contributed by atoms with Crippen molar-refractivity contribution in [1.82, 2.24) is 10.6 Å². The fourth-order valence-electron chi connectivity index (χ4n) is 2.60. The summed E-state index contributed by atoms with van der Waals surface area (Å²) in [5.74, 6) is 0.623. The normalized spacial score (nSPS) is 12.6. The molecule has 0 saturated heterocycles. The van der Waals surface area contributed by atoms with Crippen LogP contribution in [-0.4, -0.2) is 31.6 Å². The van der Waals surface area contributed by atoms with E-state index in [0.717, 1.165) is 5.56 Å². The quantitative estimate of drug-likeness (QED) is 0.702. The molecular weight excluding hydrogens is 380 g/mol. The van der Waals surface area contributed by atoms with Crippen molar-refractivity contribution in [3.05, 3.63) is 58.6 Å². The van der Waals surface area contributed by atoms with Crippen LogP contribution in [0, 0.1) is 0 Å². The summed E-state index contributed by atoms with van der Waals surface area (Å²) in [6, 6.07) is 11.0. The number of rotatable bonds is 8. The van der Waals surface area contributed by atoms with Crippen molar-refractivity contribution < 1.29 is 19.1 Å². The Morgan fingerprint density at radius 1 is 1.04 bits per heavy atom. The van der Waals surface area contributed by atoms with Gasteiger partial charge in [-0.3, -0.25) is 9.59 Å². The second kappa shape index (κ2) is 9.99. The van der Waals surface area contributed by atoms with Gasteiger partial charge in [-0.05, 0) is 62.7 Å². The molecule has 2 atom stereocenters. The number of ether oxygens (including phenoxy) is 2. The van der Waals surface area contributed by atoms with E-state index in [1.54, 1.807) is 38.3 Å². The molecule has 2 rings (SSSR count). The molecular formula is C21H25ClN2O4. The molecule has 6 nitrogen and oxygen atoms in total. The minimum absolute atomic E-state index is 0.271. The summed E-state index contributed by atoms with van der Waals surface area (Å²) in [5.41, 5.74) is 1.30. The summed E-state index contributed by atoms with van der Waals surface area (Å²) in [6.07, 6.45) is 0. The molecule has 0 radical (unpaired) electrons. The predicted molar refractivity (Wildman–Crippen MR) is 109 cm³/mol. The zero-order chi connectivity index (χ0) is 20.7. The number of hydrogen-bond acceptors (Lipinski definition) is 4. The van der Waals surface area contributed by atoms with Crippen molar-refractivity contribution in [2.75, 3.05) is 13.7 Å². The van der Waals surface area contributed by atoms with Gasteiger partial charge in [-0.1, -0.05) is 17.7 Å². The highest BCUT2D eigenvalue weighted by Crippen LogP contribution is 2.30. The fourth-order valence-corrected chi connectivity index (χ4v) is 2.72. The first kappa shape index (κ1) is 21.6. The van der Waals surface area contributed by atoms with Gasteiger partial charge in [0.2, 0.25) is 5.91 Å². The Morgan fingerprint density at radius 2 is 1.71 bits per heavy atom. The van der Waals surface area contributed by atoms with Crippen molar-refractivity contribution in [2.45, 2.75) is 32.9 Å². The van der Waals surface area contributed by atoms with Gasteiger partial charge in [0.25, 0.3) is 5.91 Å². The zero-order valence-electron chi connectivity index (χ0n) is 16.4. The molecule has 7 heteroatoms. The standard InChI is InChI=1S/C21H25ClN2O4/c1-5-28-18-11-8-16(12-19(18)27-4)13(2)23-20(25)14(3)24-21(26)15-6-9-17(22)10-7-15/h6-14H,5H2,1-4H3,(H,23,25)(H,24,26). The summed E-state index contributed by atoms with van der Waals surface area (Å²) < 4.78 is 10.9. The van der Waals surface area contributed by atoms with Crippen LogP contribution in [0.3, 0.4) is 0 Å². The summed E-state index contributed by atoms with van der Waals surface area (Å²) in [6.45, 7) is 5.93. The van der Waals surface area contributed by atoms with E-state index in [1.165, 1.54) is 0 Å². The van der Waals surface area contributed by atoms with Crippen LogP contribution in [-0.2, 0) is 4.79 Å². The highest BCUT2D eigenvalue weighted by atomic mass is 35.5. The van der Waals surface area contributed by atoms with E-state index in [4.69, 9.17) is 21.1 Å². The molecule has 0 heterocycles. The Morgan fingerprint density at radius 3 is 2.32 bits per heavy atom. The molecule has 2 unspecified atom stereocenters. The highest BCUT2D eigenvalue weighted by Gasteiger charge is 2.19. The van der Waals surface area contributed by atoms with Crippen molar-refractivity contribution in [2.24, 2.45) is 0 Å². The van der Waals surface area contributed by atoms with Crippen LogP contribution in [0.2, 0.25) is 5.02 Å². The van der Waals surface area contributed by atoms with Gasteiger partial charge in [-0.25, -0.2) is 0 Å². The third-order valence-corrected chi connectivity index (χ3v) is 4.45. The Kier molecular flexibility index (Phi) is 7.70. The molecule has 0 aliphatic rings. The van der Waals surface area contributed by atoms with Crippen molar-refractivity contribution in [3.63, 3.8) is 0 Å². The smallest absolute Gasteiger partial charge is 0.251 e. The molecule has 0 spiro atoms. The number of methoxy groups -OCH3 is 1. The van der Waals surface area contributed by atoms with Gasteiger partial charge in [0.05, 0.1) is 19.8 Å². The minimum Gasteiger partial charge on any atom is -0.493 e. The lowest BCUT2D eigenvalue weighted by molar-refractivity contribution is -0.123. The number of carbonyl (C=O) groups excluding carboxylic acids is 2. The second-order valence-electron chi connectivity index (χ2n) is 6.28. The number of nitrogens with one attached hydrogen (secondary N) is 2. The first-order chi connectivity index (χ1) is 13.3. The topological polar surface area (TPSA) is 76.7 Å². The zero-order valence-corrected chi connectivity index (χ0v) is 17.2. The summed E-state index contributed by atoms with van der Waals surface area (Å²) >= 11 is 5.82. The average Bonchev–Trinajstić information content (AvgIpc) is 2.68. The number of halogens is 1. The van der Waals surface area contributed by atoms with E-state index in [0.29, 0.717) is 28.7 Å². The summed E-state index contributed by atoms with van der Waals surface area (Å²) in [5, 5.41) is 6.12. The van der Waals surface area contributed by atoms with E-state index < -0.39 is 6.04 Å². The summed E-state index contributed by atoms with van der Waals surface area (Å²) in [7, 11) is 1.57. The van der Waals surface area contributed by atoms with Crippen LogP contribution in [0.4, 0.5) is 0 Å². The Balaban J connectivity index is 1.99. The maximum Gasteiger partial charge on any atom is 0.251 e. The lowest BCUT2D eigenvalue weighted by Crippen LogP contribution is -2.45. The second-order valence-corrected chi connectivity index (χ2v) is 6.71. The van der Waals surface area contributed by atoms with Crippen molar-refractivity contribution in [1.29, 1.82) is 0 Å². The van der Waals surface area contributed by atoms with Gasteiger partial charge in [0.1, 0.15) is 6.04 Å². The van der Waals surface area contributed by atoms with Gasteiger partial charge in [-0.2, -0.15) is 0 Å². The van der Waals surface area contributed by atoms with Crippen LogP contribution in [0.15, 0.2) is 42.5 Å². The van der Waals surface area contributed by atoms with E-state index in [1.807, 2.05) is 32.0 Å². The lowest BCUT2D eigenvalue weighted by atomic mass is 10.1. The fraction of sp³-hybridized carbons (Fsp3) is 0.333. The molecule has 0 bridgehead atoms. The van der Waals surface area contributed by atoms with E-state index in [-0.39, 0.29) is 17.9 Å². The maximum atomic E-state index is 12.5. The van der Waals surface area contributed by atoms with E-state index >= 15 is 0 Å². The first-order valence-electron chi connectivity index (χ1n) is 9.03. The monoisotopic (exact) mass is 404 g/mol. The third kappa shape index (κ3) is 5.63. The van der Waals surface area contributed by atoms with Crippen LogP contribution in [0.5, 0.6) is 11.5 Å². The van der Waals surface area contributed by atoms with Crippen molar-refractivity contribution in [3.8, 4) is 11.5 Å². The molecule has 2 N–H and O–H groups in total. The van der Waals surface area contributed by atoms with E-state index in [9.17, 15) is 9.59 Å². The molecule has 2 aromatic rings. The predicted octanol–water partition coefficient (Wildman–Crippen LogP) is 3.74. The molecule has 0 aliphatic carbocycles. The summed E-state index contributed by atoms with van der Waals surface area (Å²) in [4.78, 5) is 24.7. The molecule has 2 aromatic carbocycles. The Hall–Kier alpha value is -2.73. The van der Waals surface area contributed by atoms with Crippen LogP contribution in [0.25, 0.3) is 0 Å². The van der Waals surface area contributed by atoms with Gasteiger partial charge in [0.15, 0.2) is 11.5 Å². The van der Waals surface area contributed by atoms with E-state index in [2.05, 4.69) is 10.6 Å². The molecule has 0 aliphatic heterocycles. The molecule has 150 valence electrons. The molecule has 0 fully saturated rings. The Labute approximate surface area is 170 Å².